The van der Waals surface area contributed by atoms with Crippen LogP contribution in [0, 0.1) is 5.92 Å². The molecule has 1 aromatic carbocycles. The van der Waals surface area contributed by atoms with Crippen molar-refractivity contribution in [2.24, 2.45) is 5.92 Å². The molecule has 0 N–H and O–H groups in total. The summed E-state index contributed by atoms with van der Waals surface area (Å²) in [7, 11) is -4.70. The molecular formula is C15H16F2N2O5S. The second kappa shape index (κ2) is 7.68. The molecule has 0 radical (unpaired) electrons. The first-order chi connectivity index (χ1) is 11.7. The Morgan fingerprint density at radius 1 is 1.24 bits per heavy atom. The maximum absolute atomic E-state index is 12.4. The molecule has 0 amide bonds. The number of halogens is 2. The number of hydrogen-bond acceptors (Lipinski definition) is 7. The fraction of sp³-hybridized carbons (Fsp3) is 0.400. The van der Waals surface area contributed by atoms with Crippen LogP contribution in [0.4, 0.5) is 8.78 Å². The highest BCUT2D eigenvalue weighted by Crippen LogP contribution is 2.19. The summed E-state index contributed by atoms with van der Waals surface area (Å²) in [5.74, 6) is -3.33. The summed E-state index contributed by atoms with van der Waals surface area (Å²) < 4.78 is 57.4. The lowest BCUT2D eigenvalue weighted by atomic mass is 10.1. The SMILES string of the molecule is CC(C)Cc1noc(COC(=O)c2ccc(S(=O)(=O)C(F)F)cc2)n1. The summed E-state index contributed by atoms with van der Waals surface area (Å²) in [5, 5.41) is 3.75. The molecule has 0 bridgehead atoms. The molecule has 7 nitrogen and oxygen atoms in total. The van der Waals surface area contributed by atoms with Crippen molar-refractivity contribution in [2.75, 3.05) is 0 Å². The lowest BCUT2D eigenvalue weighted by Crippen LogP contribution is -2.12. The number of hydrogen-bond donors (Lipinski definition) is 0. The van der Waals surface area contributed by atoms with E-state index in [-0.39, 0.29) is 18.1 Å². The van der Waals surface area contributed by atoms with E-state index in [1.54, 1.807) is 0 Å². The van der Waals surface area contributed by atoms with Gasteiger partial charge in [-0.15, -0.1) is 0 Å². The van der Waals surface area contributed by atoms with Gasteiger partial charge in [0.15, 0.2) is 12.4 Å². The smallest absolute Gasteiger partial charge is 0.341 e. The molecule has 1 aromatic heterocycles. The van der Waals surface area contributed by atoms with Gasteiger partial charge < -0.3 is 9.26 Å². The van der Waals surface area contributed by atoms with Gasteiger partial charge in [-0.25, -0.2) is 13.2 Å². The molecule has 0 aliphatic rings. The van der Waals surface area contributed by atoms with Gasteiger partial charge in [0.05, 0.1) is 10.5 Å². The third-order valence-corrected chi connectivity index (χ3v) is 4.48. The Morgan fingerprint density at radius 2 is 1.88 bits per heavy atom. The normalized spacial score (nSPS) is 11.9. The molecule has 0 saturated carbocycles. The molecule has 0 atom stereocenters. The zero-order chi connectivity index (χ0) is 18.6. The largest absolute Gasteiger partial charge is 0.452 e. The number of esters is 1. The van der Waals surface area contributed by atoms with Crippen LogP contribution in [0.1, 0.15) is 35.9 Å². The van der Waals surface area contributed by atoms with Gasteiger partial charge >= 0.3 is 11.7 Å². The van der Waals surface area contributed by atoms with Crippen LogP contribution in [0.2, 0.25) is 0 Å². The highest BCUT2D eigenvalue weighted by molar-refractivity contribution is 7.91. The summed E-state index contributed by atoms with van der Waals surface area (Å²) in [6.45, 7) is 3.74. The predicted molar refractivity (Wildman–Crippen MR) is 81.6 cm³/mol. The number of ether oxygens (including phenoxy) is 1. The van der Waals surface area contributed by atoms with E-state index < -0.39 is 26.5 Å². The molecule has 0 unspecified atom stereocenters. The molecule has 2 aromatic rings. The summed E-state index contributed by atoms with van der Waals surface area (Å²) in [4.78, 5) is 15.4. The lowest BCUT2D eigenvalue weighted by Gasteiger charge is -2.05. The Labute approximate surface area is 142 Å². The Balaban J connectivity index is 1.98. The van der Waals surface area contributed by atoms with Gasteiger partial charge in [0.1, 0.15) is 0 Å². The number of nitrogens with zero attached hydrogens (tertiary/aromatic N) is 2. The van der Waals surface area contributed by atoms with Gasteiger partial charge in [-0.3, -0.25) is 0 Å². The van der Waals surface area contributed by atoms with Crippen LogP contribution in [0.15, 0.2) is 33.7 Å². The van der Waals surface area contributed by atoms with E-state index in [1.807, 2.05) is 13.8 Å². The lowest BCUT2D eigenvalue weighted by molar-refractivity contribution is 0.0429. The molecule has 10 heteroatoms. The van der Waals surface area contributed by atoms with Crippen molar-refractivity contribution in [1.82, 2.24) is 10.1 Å². The van der Waals surface area contributed by atoms with Crippen molar-refractivity contribution < 1.29 is 31.3 Å². The van der Waals surface area contributed by atoms with Gasteiger partial charge in [0, 0.05) is 6.42 Å². The Morgan fingerprint density at radius 3 is 2.44 bits per heavy atom. The van der Waals surface area contributed by atoms with Crippen LogP contribution in [0.3, 0.4) is 0 Å². The van der Waals surface area contributed by atoms with Crippen LogP contribution in [0.5, 0.6) is 0 Å². The number of benzene rings is 1. The van der Waals surface area contributed by atoms with E-state index in [0.29, 0.717) is 18.2 Å². The monoisotopic (exact) mass is 374 g/mol. The third-order valence-electron chi connectivity index (χ3n) is 3.08. The zero-order valence-corrected chi connectivity index (χ0v) is 14.3. The van der Waals surface area contributed by atoms with Crippen LogP contribution in [-0.4, -0.2) is 30.3 Å². The minimum absolute atomic E-state index is 0.00938. The molecule has 25 heavy (non-hydrogen) atoms. The van der Waals surface area contributed by atoms with E-state index >= 15 is 0 Å². The first-order valence-corrected chi connectivity index (χ1v) is 8.85. The van der Waals surface area contributed by atoms with Gasteiger partial charge in [-0.05, 0) is 30.2 Å². The topological polar surface area (TPSA) is 99.4 Å². The Hall–Kier alpha value is -2.36. The van der Waals surface area contributed by atoms with Crippen molar-refractivity contribution in [2.45, 2.75) is 37.5 Å². The molecule has 136 valence electrons. The Bertz CT molecular complexity index is 832. The maximum atomic E-state index is 12.4. The average Bonchev–Trinajstić information content (AvgIpc) is 2.99. The van der Waals surface area contributed by atoms with Crippen LogP contribution in [0.25, 0.3) is 0 Å². The van der Waals surface area contributed by atoms with Crippen molar-refractivity contribution >= 4 is 15.8 Å². The predicted octanol–water partition coefficient (Wildman–Crippen LogP) is 2.62. The first-order valence-electron chi connectivity index (χ1n) is 7.31. The molecule has 0 saturated heterocycles. The summed E-state index contributed by atoms with van der Waals surface area (Å²) >= 11 is 0. The molecule has 0 aliphatic carbocycles. The van der Waals surface area contributed by atoms with Gasteiger partial charge in [-0.1, -0.05) is 19.0 Å². The van der Waals surface area contributed by atoms with Crippen molar-refractivity contribution in [1.29, 1.82) is 0 Å². The second-order valence-corrected chi connectivity index (χ2v) is 7.53. The minimum Gasteiger partial charge on any atom is -0.452 e. The van der Waals surface area contributed by atoms with Gasteiger partial charge in [0.25, 0.3) is 5.89 Å². The number of sulfone groups is 1. The van der Waals surface area contributed by atoms with Crippen molar-refractivity contribution in [3.8, 4) is 0 Å². The fourth-order valence-electron chi connectivity index (χ4n) is 1.89. The fourth-order valence-corrected chi connectivity index (χ4v) is 2.61. The maximum Gasteiger partial charge on any atom is 0.341 e. The van der Waals surface area contributed by atoms with Gasteiger partial charge in [-0.2, -0.15) is 13.8 Å². The number of aromatic nitrogens is 2. The standard InChI is InChI=1S/C15H16F2N2O5S/c1-9(2)7-12-18-13(24-19-12)8-23-14(20)10-3-5-11(6-4-10)25(21,22)15(16)17/h3-6,9,15H,7-8H2,1-2H3. The summed E-state index contributed by atoms with van der Waals surface area (Å²) in [6, 6.07) is 4.03. The minimum atomic E-state index is -4.70. The Kier molecular flexibility index (Phi) is 5.83. The van der Waals surface area contributed by atoms with Crippen molar-refractivity contribution in [3.63, 3.8) is 0 Å². The number of rotatable bonds is 7. The van der Waals surface area contributed by atoms with Crippen molar-refractivity contribution in [3.05, 3.63) is 41.5 Å². The number of carbonyl (C=O) groups excluding carboxylic acids is 1. The van der Waals surface area contributed by atoms with E-state index in [4.69, 9.17) is 9.26 Å². The molecule has 0 spiro atoms. The zero-order valence-electron chi connectivity index (χ0n) is 13.5. The average molecular weight is 374 g/mol. The van der Waals surface area contributed by atoms with Crippen LogP contribution >= 0.6 is 0 Å². The molecular weight excluding hydrogens is 358 g/mol. The molecule has 1 heterocycles. The molecule has 0 fully saturated rings. The van der Waals surface area contributed by atoms with E-state index in [2.05, 4.69) is 10.1 Å². The summed E-state index contributed by atoms with van der Waals surface area (Å²) in [5.41, 5.74) is 0.00938. The molecule has 2 rings (SSSR count). The van der Waals surface area contributed by atoms with Crippen LogP contribution in [-0.2, 0) is 27.6 Å². The van der Waals surface area contributed by atoms with E-state index in [9.17, 15) is 22.0 Å². The molecule has 0 aliphatic heterocycles. The van der Waals surface area contributed by atoms with E-state index in [0.717, 1.165) is 24.3 Å². The van der Waals surface area contributed by atoms with Gasteiger partial charge in [0.2, 0.25) is 9.84 Å². The number of carbonyl (C=O) groups is 1. The highest BCUT2D eigenvalue weighted by atomic mass is 32.2. The van der Waals surface area contributed by atoms with Crippen LogP contribution < -0.4 is 0 Å². The second-order valence-electron chi connectivity index (χ2n) is 5.61. The summed E-state index contributed by atoms with van der Waals surface area (Å²) in [6.07, 6.45) is 0.623. The quantitative estimate of drug-likeness (QED) is 0.687. The highest BCUT2D eigenvalue weighted by Gasteiger charge is 2.26. The third kappa shape index (κ3) is 4.81. The number of alkyl halides is 2. The first kappa shape index (κ1) is 19.0. The van der Waals surface area contributed by atoms with E-state index in [1.165, 1.54) is 0 Å².